The van der Waals surface area contributed by atoms with Crippen molar-refractivity contribution in [2.45, 2.75) is 6.92 Å². The maximum Gasteiger partial charge on any atom is 0.141 e. The van der Waals surface area contributed by atoms with Crippen LogP contribution >= 0.6 is 0 Å². The van der Waals surface area contributed by atoms with Crippen LogP contribution in [0.2, 0.25) is 0 Å². The topological polar surface area (TPSA) is 35.8 Å². The summed E-state index contributed by atoms with van der Waals surface area (Å²) in [5.41, 5.74) is 0.741. The standard InChI is InChI=1S/C11H9FN2/c1-2-3-6-14-10-4-5-11(12)9(7-10)8-13/h4-5,7,14H,6H2,1H3. The minimum Gasteiger partial charge on any atom is -0.374 e. The van der Waals surface area contributed by atoms with E-state index in [1.165, 1.54) is 12.1 Å². The fourth-order valence-corrected chi connectivity index (χ4v) is 0.956. The van der Waals surface area contributed by atoms with Crippen LogP contribution < -0.4 is 5.32 Å². The molecule has 0 amide bonds. The smallest absolute Gasteiger partial charge is 0.141 e. The van der Waals surface area contributed by atoms with Crippen molar-refractivity contribution in [3.63, 3.8) is 0 Å². The van der Waals surface area contributed by atoms with Gasteiger partial charge in [-0.1, -0.05) is 5.92 Å². The molecule has 3 heteroatoms. The van der Waals surface area contributed by atoms with Crippen LogP contribution in [0.4, 0.5) is 10.1 Å². The van der Waals surface area contributed by atoms with Gasteiger partial charge in [-0.05, 0) is 25.1 Å². The van der Waals surface area contributed by atoms with Gasteiger partial charge in [0.1, 0.15) is 11.9 Å². The van der Waals surface area contributed by atoms with Crippen LogP contribution in [0.3, 0.4) is 0 Å². The molecule has 0 spiro atoms. The van der Waals surface area contributed by atoms with E-state index in [1.54, 1.807) is 19.1 Å². The number of hydrogen-bond acceptors (Lipinski definition) is 2. The Morgan fingerprint density at radius 3 is 2.93 bits per heavy atom. The zero-order chi connectivity index (χ0) is 10.4. The normalized spacial score (nSPS) is 8.36. The van der Waals surface area contributed by atoms with E-state index >= 15 is 0 Å². The third kappa shape index (κ3) is 2.50. The van der Waals surface area contributed by atoms with Gasteiger partial charge < -0.3 is 5.32 Å². The van der Waals surface area contributed by atoms with Crippen molar-refractivity contribution in [1.29, 1.82) is 5.26 Å². The van der Waals surface area contributed by atoms with Gasteiger partial charge in [-0.3, -0.25) is 0 Å². The van der Waals surface area contributed by atoms with E-state index < -0.39 is 5.82 Å². The Labute approximate surface area is 82.4 Å². The van der Waals surface area contributed by atoms with E-state index in [4.69, 9.17) is 5.26 Å². The lowest BCUT2D eigenvalue weighted by atomic mass is 10.2. The van der Waals surface area contributed by atoms with E-state index in [0.29, 0.717) is 12.2 Å². The lowest BCUT2D eigenvalue weighted by Crippen LogP contribution is -1.99. The van der Waals surface area contributed by atoms with Crippen LogP contribution in [0.25, 0.3) is 0 Å². The highest BCUT2D eigenvalue weighted by Gasteiger charge is 2.01. The molecule has 0 aliphatic carbocycles. The summed E-state index contributed by atoms with van der Waals surface area (Å²) < 4.78 is 12.9. The number of nitrogens with zero attached hydrogens (tertiary/aromatic N) is 1. The van der Waals surface area contributed by atoms with Gasteiger partial charge in [-0.15, -0.1) is 5.92 Å². The summed E-state index contributed by atoms with van der Waals surface area (Å²) in [6.45, 7) is 2.24. The molecule has 0 unspecified atom stereocenters. The molecule has 0 saturated heterocycles. The third-order valence-electron chi connectivity index (χ3n) is 1.64. The molecule has 0 aliphatic heterocycles. The second kappa shape index (κ2) is 4.89. The highest BCUT2D eigenvalue weighted by atomic mass is 19.1. The Bertz CT molecular complexity index is 421. The van der Waals surface area contributed by atoms with Gasteiger partial charge in [0.2, 0.25) is 0 Å². The van der Waals surface area contributed by atoms with E-state index in [1.807, 2.05) is 0 Å². The number of anilines is 1. The second-order valence-corrected chi connectivity index (χ2v) is 2.59. The molecule has 0 aliphatic rings. The van der Waals surface area contributed by atoms with Gasteiger partial charge in [0.05, 0.1) is 12.1 Å². The first-order valence-corrected chi connectivity index (χ1v) is 4.11. The summed E-state index contributed by atoms with van der Waals surface area (Å²) in [5, 5.41) is 11.5. The van der Waals surface area contributed by atoms with Crippen LogP contribution in [0, 0.1) is 29.0 Å². The van der Waals surface area contributed by atoms with Crippen molar-refractivity contribution in [2.24, 2.45) is 0 Å². The van der Waals surface area contributed by atoms with Crippen molar-refractivity contribution in [3.8, 4) is 17.9 Å². The maximum atomic E-state index is 12.9. The lowest BCUT2D eigenvalue weighted by molar-refractivity contribution is 0.624. The molecule has 0 atom stereocenters. The van der Waals surface area contributed by atoms with E-state index in [2.05, 4.69) is 17.2 Å². The molecule has 0 fully saturated rings. The van der Waals surface area contributed by atoms with Crippen LogP contribution in [-0.2, 0) is 0 Å². The van der Waals surface area contributed by atoms with Gasteiger partial charge in [0, 0.05) is 5.69 Å². The van der Waals surface area contributed by atoms with Gasteiger partial charge in [-0.2, -0.15) is 5.26 Å². The molecule has 70 valence electrons. The molecule has 0 saturated carbocycles. The zero-order valence-corrected chi connectivity index (χ0v) is 7.76. The molecule has 14 heavy (non-hydrogen) atoms. The molecular weight excluding hydrogens is 179 g/mol. The zero-order valence-electron chi connectivity index (χ0n) is 7.76. The summed E-state index contributed by atoms with van der Waals surface area (Å²) in [5.74, 6) is 5.04. The van der Waals surface area contributed by atoms with E-state index in [0.717, 1.165) is 0 Å². The fourth-order valence-electron chi connectivity index (χ4n) is 0.956. The quantitative estimate of drug-likeness (QED) is 0.722. The van der Waals surface area contributed by atoms with Crippen LogP contribution in [0.1, 0.15) is 12.5 Å². The van der Waals surface area contributed by atoms with Crippen molar-refractivity contribution < 1.29 is 4.39 Å². The number of rotatable bonds is 2. The summed E-state index contributed by atoms with van der Waals surface area (Å²) in [4.78, 5) is 0. The summed E-state index contributed by atoms with van der Waals surface area (Å²) in [6.07, 6.45) is 0. The van der Waals surface area contributed by atoms with Gasteiger partial charge >= 0.3 is 0 Å². The Morgan fingerprint density at radius 2 is 2.29 bits per heavy atom. The average molecular weight is 188 g/mol. The molecular formula is C11H9FN2. The second-order valence-electron chi connectivity index (χ2n) is 2.59. The van der Waals surface area contributed by atoms with Crippen LogP contribution in [0.15, 0.2) is 18.2 Å². The maximum absolute atomic E-state index is 12.9. The van der Waals surface area contributed by atoms with Crippen molar-refractivity contribution in [3.05, 3.63) is 29.6 Å². The predicted molar refractivity (Wildman–Crippen MR) is 53.1 cm³/mol. The van der Waals surface area contributed by atoms with E-state index in [9.17, 15) is 4.39 Å². The number of halogens is 1. The van der Waals surface area contributed by atoms with Gasteiger partial charge in [0.15, 0.2) is 0 Å². The van der Waals surface area contributed by atoms with Crippen molar-refractivity contribution >= 4 is 5.69 Å². The van der Waals surface area contributed by atoms with Crippen molar-refractivity contribution in [2.75, 3.05) is 11.9 Å². The first kappa shape index (κ1) is 10.1. The molecule has 0 bridgehead atoms. The average Bonchev–Trinajstić information content (AvgIpc) is 2.21. The van der Waals surface area contributed by atoms with E-state index in [-0.39, 0.29) is 5.56 Å². The molecule has 1 N–H and O–H groups in total. The van der Waals surface area contributed by atoms with Crippen LogP contribution in [-0.4, -0.2) is 6.54 Å². The molecule has 0 aromatic heterocycles. The fraction of sp³-hybridized carbons (Fsp3) is 0.182. The van der Waals surface area contributed by atoms with Crippen LogP contribution in [0.5, 0.6) is 0 Å². The number of hydrogen-bond donors (Lipinski definition) is 1. The molecule has 1 aromatic carbocycles. The molecule has 1 rings (SSSR count). The highest BCUT2D eigenvalue weighted by Crippen LogP contribution is 2.13. The summed E-state index contributed by atoms with van der Waals surface area (Å²) >= 11 is 0. The third-order valence-corrected chi connectivity index (χ3v) is 1.64. The number of benzene rings is 1. The minimum absolute atomic E-state index is 0.0412. The monoisotopic (exact) mass is 188 g/mol. The predicted octanol–water partition coefficient (Wildman–Crippen LogP) is 2.13. The first-order valence-electron chi connectivity index (χ1n) is 4.11. The molecule has 2 nitrogen and oxygen atoms in total. The lowest BCUT2D eigenvalue weighted by Gasteiger charge is -2.02. The highest BCUT2D eigenvalue weighted by molar-refractivity contribution is 5.50. The number of nitriles is 1. The first-order chi connectivity index (χ1) is 6.77. The van der Waals surface area contributed by atoms with Gasteiger partial charge in [-0.25, -0.2) is 4.39 Å². The molecule has 0 heterocycles. The molecule has 0 radical (unpaired) electrons. The number of nitrogens with one attached hydrogen (secondary N) is 1. The largest absolute Gasteiger partial charge is 0.374 e. The minimum atomic E-state index is -0.500. The van der Waals surface area contributed by atoms with Crippen molar-refractivity contribution in [1.82, 2.24) is 0 Å². The summed E-state index contributed by atoms with van der Waals surface area (Å²) in [7, 11) is 0. The Balaban J connectivity index is 2.79. The SMILES string of the molecule is CC#CCNc1ccc(F)c(C#N)c1. The van der Waals surface area contributed by atoms with Gasteiger partial charge in [0.25, 0.3) is 0 Å². The Kier molecular flexibility index (Phi) is 3.52. The Morgan fingerprint density at radius 1 is 1.50 bits per heavy atom. The molecule has 1 aromatic rings. The summed E-state index contributed by atoms with van der Waals surface area (Å²) in [6, 6.07) is 6.08. The Hall–Kier alpha value is -2.00.